The SMILES string of the molecule is [c]1ccn2ccnc2c1N1CCC[C@H]2c3ccccc3CC[C@H]21. The summed E-state index contributed by atoms with van der Waals surface area (Å²) in [5.74, 6) is 0.650. The van der Waals surface area contributed by atoms with Gasteiger partial charge < -0.3 is 9.30 Å². The van der Waals surface area contributed by atoms with Gasteiger partial charge in [-0.15, -0.1) is 0 Å². The number of nitrogens with zero attached hydrogens (tertiary/aromatic N) is 3. The molecule has 1 aliphatic heterocycles. The maximum atomic E-state index is 4.57. The van der Waals surface area contributed by atoms with Gasteiger partial charge in [0, 0.05) is 43.2 Å². The molecule has 115 valence electrons. The minimum atomic E-state index is 0.581. The van der Waals surface area contributed by atoms with Crippen LogP contribution in [-0.4, -0.2) is 22.0 Å². The van der Waals surface area contributed by atoms with Crippen molar-refractivity contribution in [3.8, 4) is 0 Å². The average molecular weight is 302 g/mol. The van der Waals surface area contributed by atoms with Gasteiger partial charge in [0.2, 0.25) is 0 Å². The number of hydrogen-bond acceptors (Lipinski definition) is 2. The molecule has 0 amide bonds. The molecule has 0 saturated carbocycles. The first kappa shape index (κ1) is 13.2. The number of hydrogen-bond donors (Lipinski definition) is 0. The minimum Gasteiger partial charge on any atom is -0.364 e. The highest BCUT2D eigenvalue weighted by Crippen LogP contribution is 2.42. The maximum Gasteiger partial charge on any atom is 0.161 e. The van der Waals surface area contributed by atoms with E-state index in [0.29, 0.717) is 12.0 Å². The van der Waals surface area contributed by atoms with E-state index >= 15 is 0 Å². The van der Waals surface area contributed by atoms with Gasteiger partial charge in [-0.2, -0.15) is 0 Å². The molecular weight excluding hydrogens is 282 g/mol. The van der Waals surface area contributed by atoms with Crippen molar-refractivity contribution in [2.45, 2.75) is 37.6 Å². The summed E-state index contributed by atoms with van der Waals surface area (Å²) in [7, 11) is 0. The number of aryl methyl sites for hydroxylation is 1. The van der Waals surface area contributed by atoms with Crippen molar-refractivity contribution in [1.82, 2.24) is 9.38 Å². The molecule has 3 heteroatoms. The fourth-order valence-corrected chi connectivity index (χ4v) is 4.57. The molecule has 0 N–H and O–H groups in total. The molecule has 3 aromatic rings. The monoisotopic (exact) mass is 302 g/mol. The lowest BCUT2D eigenvalue weighted by atomic mass is 9.74. The summed E-state index contributed by atoms with van der Waals surface area (Å²) < 4.78 is 2.10. The number of anilines is 1. The number of imidazole rings is 1. The molecule has 5 rings (SSSR count). The molecule has 0 unspecified atom stereocenters. The van der Waals surface area contributed by atoms with E-state index in [2.05, 4.69) is 44.6 Å². The predicted molar refractivity (Wildman–Crippen MR) is 91.9 cm³/mol. The Morgan fingerprint density at radius 1 is 1.13 bits per heavy atom. The van der Waals surface area contributed by atoms with E-state index in [1.807, 2.05) is 24.7 Å². The molecule has 1 aliphatic carbocycles. The van der Waals surface area contributed by atoms with Crippen LogP contribution in [0.15, 0.2) is 48.9 Å². The van der Waals surface area contributed by atoms with Gasteiger partial charge in [0.15, 0.2) is 5.65 Å². The molecule has 3 nitrogen and oxygen atoms in total. The van der Waals surface area contributed by atoms with Gasteiger partial charge in [-0.25, -0.2) is 4.98 Å². The van der Waals surface area contributed by atoms with Crippen LogP contribution in [0, 0.1) is 6.07 Å². The average Bonchev–Trinajstić information content (AvgIpc) is 3.10. The highest BCUT2D eigenvalue weighted by Gasteiger charge is 2.36. The summed E-state index contributed by atoms with van der Waals surface area (Å²) in [6, 6.07) is 15.1. The normalized spacial score (nSPS) is 23.6. The van der Waals surface area contributed by atoms with Gasteiger partial charge >= 0.3 is 0 Å². The zero-order valence-electron chi connectivity index (χ0n) is 13.2. The smallest absolute Gasteiger partial charge is 0.161 e. The van der Waals surface area contributed by atoms with Gasteiger partial charge in [0.05, 0.1) is 5.69 Å². The Labute approximate surface area is 136 Å². The van der Waals surface area contributed by atoms with Crippen molar-refractivity contribution in [1.29, 1.82) is 0 Å². The molecule has 1 fully saturated rings. The van der Waals surface area contributed by atoms with Crippen LogP contribution < -0.4 is 4.90 Å². The molecule has 0 bridgehead atoms. The highest BCUT2D eigenvalue weighted by atomic mass is 15.2. The first-order chi connectivity index (χ1) is 11.4. The first-order valence-electron chi connectivity index (χ1n) is 8.59. The lowest BCUT2D eigenvalue weighted by Crippen LogP contribution is -2.46. The number of fused-ring (bicyclic) bond motifs is 4. The van der Waals surface area contributed by atoms with Crippen LogP contribution in [-0.2, 0) is 6.42 Å². The third-order valence-electron chi connectivity index (χ3n) is 5.57. The second-order valence-corrected chi connectivity index (χ2v) is 6.71. The van der Waals surface area contributed by atoms with Crippen LogP contribution >= 0.6 is 0 Å². The van der Waals surface area contributed by atoms with Gasteiger partial charge in [-0.05, 0) is 42.9 Å². The van der Waals surface area contributed by atoms with Crippen molar-refractivity contribution in [3.63, 3.8) is 0 Å². The maximum absolute atomic E-state index is 4.57. The van der Waals surface area contributed by atoms with E-state index in [4.69, 9.17) is 0 Å². The van der Waals surface area contributed by atoms with E-state index < -0.39 is 0 Å². The molecule has 1 aromatic carbocycles. The third-order valence-corrected chi connectivity index (χ3v) is 5.57. The lowest BCUT2D eigenvalue weighted by Gasteiger charge is -2.46. The van der Waals surface area contributed by atoms with E-state index in [1.54, 1.807) is 11.1 Å². The van der Waals surface area contributed by atoms with Crippen LogP contribution in [0.3, 0.4) is 0 Å². The second-order valence-electron chi connectivity index (χ2n) is 6.71. The number of aromatic nitrogens is 2. The van der Waals surface area contributed by atoms with E-state index in [9.17, 15) is 0 Å². The van der Waals surface area contributed by atoms with Crippen LogP contribution in [0.4, 0.5) is 5.69 Å². The van der Waals surface area contributed by atoms with Crippen LogP contribution in [0.5, 0.6) is 0 Å². The molecule has 2 aromatic heterocycles. The van der Waals surface area contributed by atoms with E-state index in [1.165, 1.54) is 31.4 Å². The zero-order valence-corrected chi connectivity index (χ0v) is 13.2. The van der Waals surface area contributed by atoms with Crippen LogP contribution in [0.25, 0.3) is 5.65 Å². The molecule has 2 atom stereocenters. The fraction of sp³-hybridized carbons (Fsp3) is 0.350. The molecule has 23 heavy (non-hydrogen) atoms. The quantitative estimate of drug-likeness (QED) is 0.681. The Bertz CT molecular complexity index is 851. The number of piperidine rings is 1. The Morgan fingerprint density at radius 2 is 2.09 bits per heavy atom. The molecule has 0 spiro atoms. The molecular formula is C20H20N3. The van der Waals surface area contributed by atoms with Crippen LogP contribution in [0.1, 0.15) is 36.3 Å². The highest BCUT2D eigenvalue weighted by molar-refractivity contribution is 5.69. The van der Waals surface area contributed by atoms with Crippen molar-refractivity contribution in [2.24, 2.45) is 0 Å². The summed E-state index contributed by atoms with van der Waals surface area (Å²) in [4.78, 5) is 7.14. The predicted octanol–water partition coefficient (Wildman–Crippen LogP) is 3.83. The Kier molecular flexibility index (Phi) is 2.93. The summed E-state index contributed by atoms with van der Waals surface area (Å²) in [6.45, 7) is 1.12. The second kappa shape index (κ2) is 5.12. The lowest BCUT2D eigenvalue weighted by molar-refractivity contribution is 0.365. The van der Waals surface area contributed by atoms with Crippen LogP contribution in [0.2, 0.25) is 0 Å². The zero-order chi connectivity index (χ0) is 15.2. The number of benzene rings is 1. The van der Waals surface area contributed by atoms with Gasteiger partial charge in [-0.1, -0.05) is 24.3 Å². The Balaban J connectivity index is 1.59. The van der Waals surface area contributed by atoms with Gasteiger partial charge in [0.1, 0.15) is 0 Å². The van der Waals surface area contributed by atoms with Crippen molar-refractivity contribution in [2.75, 3.05) is 11.4 Å². The summed E-state index contributed by atoms with van der Waals surface area (Å²) in [5.41, 5.74) is 5.33. The minimum absolute atomic E-state index is 0.581. The number of pyridine rings is 1. The topological polar surface area (TPSA) is 20.5 Å². The largest absolute Gasteiger partial charge is 0.364 e. The Morgan fingerprint density at radius 3 is 3.09 bits per heavy atom. The summed E-state index contributed by atoms with van der Waals surface area (Å²) in [6.07, 6.45) is 10.9. The molecule has 1 saturated heterocycles. The molecule has 3 heterocycles. The molecule has 2 aliphatic rings. The van der Waals surface area contributed by atoms with E-state index in [0.717, 1.165) is 12.2 Å². The summed E-state index contributed by atoms with van der Waals surface area (Å²) in [5, 5.41) is 0. The van der Waals surface area contributed by atoms with Gasteiger partial charge in [0.25, 0.3) is 0 Å². The Hall–Kier alpha value is -2.29. The summed E-state index contributed by atoms with van der Waals surface area (Å²) >= 11 is 0. The fourth-order valence-electron chi connectivity index (χ4n) is 4.57. The van der Waals surface area contributed by atoms with Crippen molar-refractivity contribution < 1.29 is 0 Å². The molecule has 1 radical (unpaired) electrons. The van der Waals surface area contributed by atoms with Crippen molar-refractivity contribution in [3.05, 3.63) is 66.1 Å². The third kappa shape index (κ3) is 1.99. The standard InChI is InChI=1S/C20H20N3/c1-2-6-16-15(5-1)9-10-18-17(16)7-3-13-23(18)19-8-4-12-22-14-11-21-20(19)22/h1-2,4-6,11-12,14,17-18H,3,7,9-10,13H2/t17-,18+/m0/s1. The van der Waals surface area contributed by atoms with Crippen molar-refractivity contribution >= 4 is 11.3 Å². The van der Waals surface area contributed by atoms with E-state index in [-0.39, 0.29) is 0 Å². The first-order valence-corrected chi connectivity index (χ1v) is 8.59. The van der Waals surface area contributed by atoms with Gasteiger partial charge in [-0.3, -0.25) is 0 Å². The number of rotatable bonds is 1.